The van der Waals surface area contributed by atoms with Gasteiger partial charge in [0.15, 0.2) is 0 Å². The van der Waals surface area contributed by atoms with Gasteiger partial charge < -0.3 is 10.2 Å². The van der Waals surface area contributed by atoms with Gasteiger partial charge in [-0.1, -0.05) is 92.1 Å². The summed E-state index contributed by atoms with van der Waals surface area (Å²) in [7, 11) is -3.79. The molecule has 1 fully saturated rings. The summed E-state index contributed by atoms with van der Waals surface area (Å²) >= 11 is 0. The number of nitrogens with one attached hydrogen (secondary N) is 1. The Bertz CT molecular complexity index is 1440. The van der Waals surface area contributed by atoms with Crippen LogP contribution in [0, 0.1) is 13.8 Å². The Kier molecular flexibility index (Phi) is 10.2. The van der Waals surface area contributed by atoms with E-state index in [1.807, 2.05) is 80.6 Å². The molecule has 1 saturated carbocycles. The maximum Gasteiger partial charge on any atom is 0.244 e. The van der Waals surface area contributed by atoms with Gasteiger partial charge in [0.2, 0.25) is 21.8 Å². The van der Waals surface area contributed by atoms with Crippen LogP contribution in [0.3, 0.4) is 0 Å². The van der Waals surface area contributed by atoms with Crippen LogP contribution in [-0.2, 0) is 32.6 Å². The summed E-state index contributed by atoms with van der Waals surface area (Å²) in [4.78, 5) is 29.8. The molecular weight excluding hydrogens is 534 g/mol. The minimum Gasteiger partial charge on any atom is -0.352 e. The number of benzene rings is 3. The van der Waals surface area contributed by atoms with Crippen molar-refractivity contribution in [2.75, 3.05) is 17.1 Å². The average Bonchev–Trinajstić information content (AvgIpc) is 2.95. The van der Waals surface area contributed by atoms with Crippen LogP contribution in [0.15, 0.2) is 78.9 Å². The largest absolute Gasteiger partial charge is 0.352 e. The van der Waals surface area contributed by atoms with E-state index in [4.69, 9.17) is 0 Å². The molecule has 0 aliphatic heterocycles. The van der Waals surface area contributed by atoms with E-state index in [0.29, 0.717) is 12.1 Å². The molecule has 1 aliphatic rings. The molecule has 1 N–H and O–H groups in total. The molecule has 0 aromatic heterocycles. The first-order valence-electron chi connectivity index (χ1n) is 14.3. The van der Waals surface area contributed by atoms with Crippen LogP contribution in [0.5, 0.6) is 0 Å². The van der Waals surface area contributed by atoms with Crippen molar-refractivity contribution in [1.29, 1.82) is 0 Å². The molecule has 0 saturated heterocycles. The molecule has 0 radical (unpaired) electrons. The van der Waals surface area contributed by atoms with Crippen LogP contribution in [0.4, 0.5) is 5.69 Å². The first kappa shape index (κ1) is 30.3. The summed E-state index contributed by atoms with van der Waals surface area (Å²) in [6.07, 6.45) is 6.57. The average molecular weight is 576 g/mol. The number of amides is 2. The second-order valence-corrected chi connectivity index (χ2v) is 13.0. The molecule has 1 atom stereocenters. The van der Waals surface area contributed by atoms with Crippen molar-refractivity contribution in [3.8, 4) is 0 Å². The molecule has 3 aromatic rings. The van der Waals surface area contributed by atoms with Gasteiger partial charge in [0.1, 0.15) is 12.6 Å². The fraction of sp³-hybridized carbons (Fsp3) is 0.394. The van der Waals surface area contributed by atoms with Gasteiger partial charge in [-0.3, -0.25) is 13.9 Å². The normalized spacial score (nSPS) is 14.7. The van der Waals surface area contributed by atoms with Crippen molar-refractivity contribution in [3.05, 3.63) is 101 Å². The quantitative estimate of drug-likeness (QED) is 0.342. The summed E-state index contributed by atoms with van der Waals surface area (Å²) in [5.41, 5.74) is 4.02. The number of carbonyl (C=O) groups is 2. The van der Waals surface area contributed by atoms with Crippen molar-refractivity contribution < 1.29 is 18.0 Å². The van der Waals surface area contributed by atoms with Gasteiger partial charge in [-0.25, -0.2) is 8.42 Å². The highest BCUT2D eigenvalue weighted by Gasteiger charge is 2.34. The number of hydrogen-bond donors (Lipinski definition) is 1. The third-order valence-corrected chi connectivity index (χ3v) is 9.01. The third kappa shape index (κ3) is 8.19. The van der Waals surface area contributed by atoms with Gasteiger partial charge in [-0.2, -0.15) is 0 Å². The predicted octanol–water partition coefficient (Wildman–Crippen LogP) is 5.16. The molecule has 0 spiro atoms. The van der Waals surface area contributed by atoms with E-state index in [2.05, 4.69) is 5.32 Å². The third-order valence-electron chi connectivity index (χ3n) is 7.89. The number of hydrogen-bond acceptors (Lipinski definition) is 4. The molecule has 8 heteroatoms. The number of para-hydroxylation sites is 1. The minimum absolute atomic E-state index is 0.0735. The highest BCUT2D eigenvalue weighted by atomic mass is 32.2. The Balaban J connectivity index is 1.74. The van der Waals surface area contributed by atoms with Crippen LogP contribution in [0.1, 0.15) is 54.4 Å². The zero-order chi connectivity index (χ0) is 29.4. The number of sulfonamides is 1. The van der Waals surface area contributed by atoms with Crippen molar-refractivity contribution in [2.24, 2.45) is 0 Å². The Morgan fingerprint density at radius 1 is 0.854 bits per heavy atom. The molecule has 1 unspecified atom stereocenters. The Labute approximate surface area is 244 Å². The number of carbonyl (C=O) groups excluding carboxylic acids is 2. The van der Waals surface area contributed by atoms with Gasteiger partial charge in [-0.05, 0) is 55.0 Å². The summed E-state index contributed by atoms with van der Waals surface area (Å²) in [5.74, 6) is -0.633. The topological polar surface area (TPSA) is 86.8 Å². The standard InChI is InChI=1S/C33H41N3O4S/c1-25-14-10-12-18-28(25)23-35(32(37)24-36(41(3,39)40)30-21-13-11-15-26(30)2)31(22-27-16-6-4-7-17-27)33(38)34-29-19-8-5-9-20-29/h4,6-7,10-18,21,29,31H,5,8-9,19-20,22-24H2,1-3H3,(H,34,38). The molecule has 1 aliphatic carbocycles. The van der Waals surface area contributed by atoms with E-state index in [1.165, 1.54) is 0 Å². The lowest BCUT2D eigenvalue weighted by atomic mass is 9.94. The number of aryl methyl sites for hydroxylation is 2. The lowest BCUT2D eigenvalue weighted by molar-refractivity contribution is -0.140. The van der Waals surface area contributed by atoms with Crippen LogP contribution in [-0.4, -0.2) is 50.0 Å². The molecule has 2 amide bonds. The Hall–Kier alpha value is -3.65. The summed E-state index contributed by atoms with van der Waals surface area (Å²) in [6, 6.07) is 23.8. The highest BCUT2D eigenvalue weighted by Crippen LogP contribution is 2.24. The zero-order valence-electron chi connectivity index (χ0n) is 24.3. The second kappa shape index (κ2) is 13.8. The minimum atomic E-state index is -3.79. The van der Waals surface area contributed by atoms with Gasteiger partial charge in [-0.15, -0.1) is 0 Å². The maximum absolute atomic E-state index is 14.3. The summed E-state index contributed by atoms with van der Waals surface area (Å²) in [5, 5.41) is 3.23. The van der Waals surface area contributed by atoms with Crippen LogP contribution < -0.4 is 9.62 Å². The molecule has 0 heterocycles. The first-order chi connectivity index (χ1) is 19.6. The van der Waals surface area contributed by atoms with Crippen molar-refractivity contribution in [2.45, 2.75) is 71.0 Å². The van der Waals surface area contributed by atoms with Crippen LogP contribution >= 0.6 is 0 Å². The van der Waals surface area contributed by atoms with E-state index in [-0.39, 0.29) is 18.5 Å². The Morgan fingerprint density at radius 2 is 1.46 bits per heavy atom. The molecule has 0 bridgehead atoms. The van der Waals surface area contributed by atoms with Crippen LogP contribution in [0.2, 0.25) is 0 Å². The van der Waals surface area contributed by atoms with E-state index < -0.39 is 28.5 Å². The van der Waals surface area contributed by atoms with Crippen LogP contribution in [0.25, 0.3) is 0 Å². The molecule has 4 rings (SSSR count). The van der Waals surface area contributed by atoms with Gasteiger partial charge >= 0.3 is 0 Å². The Morgan fingerprint density at radius 3 is 2.10 bits per heavy atom. The van der Waals surface area contributed by atoms with E-state index in [9.17, 15) is 18.0 Å². The lowest BCUT2D eigenvalue weighted by Gasteiger charge is -2.35. The monoisotopic (exact) mass is 575 g/mol. The number of rotatable bonds is 11. The van der Waals surface area contributed by atoms with Crippen molar-refractivity contribution >= 4 is 27.5 Å². The summed E-state index contributed by atoms with van der Waals surface area (Å²) < 4.78 is 27.1. The van der Waals surface area contributed by atoms with Gasteiger partial charge in [0, 0.05) is 19.0 Å². The maximum atomic E-state index is 14.3. The van der Waals surface area contributed by atoms with E-state index in [0.717, 1.165) is 64.9 Å². The second-order valence-electron chi connectivity index (χ2n) is 11.1. The zero-order valence-corrected chi connectivity index (χ0v) is 25.1. The predicted molar refractivity (Wildman–Crippen MR) is 164 cm³/mol. The van der Waals surface area contributed by atoms with E-state index >= 15 is 0 Å². The molecule has 41 heavy (non-hydrogen) atoms. The number of anilines is 1. The molecule has 3 aromatic carbocycles. The van der Waals surface area contributed by atoms with Gasteiger partial charge in [0.05, 0.1) is 11.9 Å². The lowest BCUT2D eigenvalue weighted by Crippen LogP contribution is -2.55. The fourth-order valence-electron chi connectivity index (χ4n) is 5.51. The number of nitrogens with zero attached hydrogens (tertiary/aromatic N) is 2. The molecular formula is C33H41N3O4S. The van der Waals surface area contributed by atoms with Gasteiger partial charge in [0.25, 0.3) is 0 Å². The first-order valence-corrected chi connectivity index (χ1v) is 16.2. The van der Waals surface area contributed by atoms with Crippen molar-refractivity contribution in [1.82, 2.24) is 10.2 Å². The SMILES string of the molecule is Cc1ccccc1CN(C(=O)CN(c1ccccc1C)S(C)(=O)=O)C(Cc1ccccc1)C(=O)NC1CCCCC1. The molecule has 218 valence electrons. The molecule has 7 nitrogen and oxygen atoms in total. The highest BCUT2D eigenvalue weighted by molar-refractivity contribution is 7.92. The smallest absolute Gasteiger partial charge is 0.244 e. The van der Waals surface area contributed by atoms with E-state index in [1.54, 1.807) is 17.0 Å². The summed E-state index contributed by atoms with van der Waals surface area (Å²) in [6.45, 7) is 3.57. The fourth-order valence-corrected chi connectivity index (χ4v) is 6.41. The van der Waals surface area contributed by atoms with Crippen molar-refractivity contribution in [3.63, 3.8) is 0 Å².